The van der Waals surface area contributed by atoms with Crippen LogP contribution in [0.15, 0.2) is 59.5 Å². The van der Waals surface area contributed by atoms with Crippen molar-refractivity contribution in [3.8, 4) is 5.75 Å². The summed E-state index contributed by atoms with van der Waals surface area (Å²) in [7, 11) is -1.79. The third-order valence-electron chi connectivity index (χ3n) is 4.32. The van der Waals surface area contributed by atoms with Crippen LogP contribution in [0.2, 0.25) is 0 Å². The zero-order valence-corrected chi connectivity index (χ0v) is 16.7. The van der Waals surface area contributed by atoms with E-state index in [1.165, 1.54) is 24.5 Å². The number of nitrogens with one attached hydrogen (secondary N) is 1. The Morgan fingerprint density at radius 3 is 2.46 bits per heavy atom. The van der Waals surface area contributed by atoms with E-state index in [4.69, 9.17) is 4.74 Å². The van der Waals surface area contributed by atoms with Crippen molar-refractivity contribution in [1.82, 2.24) is 4.98 Å². The summed E-state index contributed by atoms with van der Waals surface area (Å²) in [4.78, 5) is 17.4. The van der Waals surface area contributed by atoms with E-state index in [0.29, 0.717) is 26.7 Å². The highest BCUT2D eigenvalue weighted by Crippen LogP contribution is 2.30. The molecule has 0 atom stereocenters. The van der Waals surface area contributed by atoms with E-state index in [1.807, 2.05) is 30.3 Å². The lowest BCUT2D eigenvalue weighted by atomic mass is 10.1. The second-order valence-electron chi connectivity index (χ2n) is 6.27. The first-order valence-corrected chi connectivity index (χ1v) is 11.0. The van der Waals surface area contributed by atoms with Crippen molar-refractivity contribution >= 4 is 53.2 Å². The Kier molecular flexibility index (Phi) is 4.52. The number of aromatic nitrogens is 1. The zero-order valence-electron chi connectivity index (χ0n) is 15.1. The number of amides is 1. The number of ether oxygens (including phenoxy) is 1. The number of hydrogen-bond donors (Lipinski definition) is 1. The van der Waals surface area contributed by atoms with Crippen molar-refractivity contribution in [2.75, 3.05) is 18.7 Å². The molecule has 0 radical (unpaired) electrons. The molecule has 0 bridgehead atoms. The molecular weight excluding hydrogens is 396 g/mol. The maximum absolute atomic E-state index is 12.8. The Morgan fingerprint density at radius 1 is 1.07 bits per heavy atom. The molecule has 1 amide bonds. The molecule has 0 aliphatic rings. The van der Waals surface area contributed by atoms with E-state index in [0.717, 1.165) is 17.0 Å². The van der Waals surface area contributed by atoms with Crippen LogP contribution in [0.25, 0.3) is 21.0 Å². The van der Waals surface area contributed by atoms with E-state index >= 15 is 0 Å². The predicted molar refractivity (Wildman–Crippen MR) is 111 cm³/mol. The molecule has 0 saturated carbocycles. The highest BCUT2D eigenvalue weighted by Gasteiger charge is 2.17. The Labute approximate surface area is 165 Å². The van der Waals surface area contributed by atoms with Crippen LogP contribution in [0, 0.1) is 0 Å². The Morgan fingerprint density at radius 2 is 1.79 bits per heavy atom. The van der Waals surface area contributed by atoms with Gasteiger partial charge in [-0.3, -0.25) is 10.1 Å². The quantitative estimate of drug-likeness (QED) is 0.545. The van der Waals surface area contributed by atoms with Gasteiger partial charge in [-0.2, -0.15) is 0 Å². The molecule has 1 heterocycles. The number of hydrogen-bond acceptors (Lipinski definition) is 6. The largest absolute Gasteiger partial charge is 0.496 e. The van der Waals surface area contributed by atoms with Gasteiger partial charge in [0.25, 0.3) is 5.91 Å². The molecule has 142 valence electrons. The molecule has 1 aromatic heterocycles. The standard InChI is InChI=1S/C20H16N2O4S2/c1-26-17-10-13-6-4-3-5-12(13)9-15(17)19(23)22-20-21-16-8-7-14(28(2,24)25)11-18(16)27-20/h3-11H,1-2H3,(H,21,22,23). The lowest BCUT2D eigenvalue weighted by Gasteiger charge is -2.09. The van der Waals surface area contributed by atoms with Gasteiger partial charge in [-0.25, -0.2) is 13.4 Å². The Balaban J connectivity index is 1.69. The molecule has 8 heteroatoms. The summed E-state index contributed by atoms with van der Waals surface area (Å²) >= 11 is 1.22. The first-order valence-electron chi connectivity index (χ1n) is 8.34. The smallest absolute Gasteiger partial charge is 0.261 e. The fraction of sp³-hybridized carbons (Fsp3) is 0.100. The molecule has 1 N–H and O–H groups in total. The van der Waals surface area contributed by atoms with Gasteiger partial charge in [0.05, 0.1) is 27.8 Å². The number of thiazole rings is 1. The maximum atomic E-state index is 12.8. The minimum Gasteiger partial charge on any atom is -0.496 e. The summed E-state index contributed by atoms with van der Waals surface area (Å²) in [5.74, 6) is 0.127. The summed E-state index contributed by atoms with van der Waals surface area (Å²) < 4.78 is 29.5. The summed E-state index contributed by atoms with van der Waals surface area (Å²) in [6.07, 6.45) is 1.16. The van der Waals surface area contributed by atoms with Gasteiger partial charge in [-0.15, -0.1) is 0 Å². The van der Waals surface area contributed by atoms with Crippen LogP contribution in [-0.4, -0.2) is 32.7 Å². The molecule has 0 saturated heterocycles. The normalized spacial score (nSPS) is 11.6. The monoisotopic (exact) mass is 412 g/mol. The van der Waals surface area contributed by atoms with Crippen LogP contribution in [0.3, 0.4) is 0 Å². The molecule has 6 nitrogen and oxygen atoms in total. The molecular formula is C20H16N2O4S2. The van der Waals surface area contributed by atoms with E-state index in [2.05, 4.69) is 10.3 Å². The van der Waals surface area contributed by atoms with E-state index < -0.39 is 9.84 Å². The van der Waals surface area contributed by atoms with Crippen LogP contribution < -0.4 is 10.1 Å². The second kappa shape index (κ2) is 6.88. The van der Waals surface area contributed by atoms with E-state index in [-0.39, 0.29) is 10.8 Å². The van der Waals surface area contributed by atoms with Crippen molar-refractivity contribution in [3.63, 3.8) is 0 Å². The molecule has 4 rings (SSSR count). The average molecular weight is 412 g/mol. The van der Waals surface area contributed by atoms with Crippen LogP contribution in [-0.2, 0) is 9.84 Å². The van der Waals surface area contributed by atoms with Gasteiger partial charge < -0.3 is 4.74 Å². The first-order chi connectivity index (χ1) is 13.3. The van der Waals surface area contributed by atoms with Gasteiger partial charge in [0.1, 0.15) is 5.75 Å². The molecule has 3 aromatic carbocycles. The first kappa shape index (κ1) is 18.4. The summed E-state index contributed by atoms with van der Waals surface area (Å²) in [5.41, 5.74) is 1.02. The van der Waals surface area contributed by atoms with Gasteiger partial charge in [-0.05, 0) is 41.1 Å². The Bertz CT molecular complexity index is 1330. The zero-order chi connectivity index (χ0) is 19.9. The van der Waals surface area contributed by atoms with Crippen molar-refractivity contribution in [3.05, 3.63) is 60.2 Å². The number of carbonyl (C=O) groups is 1. The number of methoxy groups -OCH3 is 1. The van der Waals surface area contributed by atoms with Crippen LogP contribution >= 0.6 is 11.3 Å². The van der Waals surface area contributed by atoms with E-state index in [1.54, 1.807) is 18.2 Å². The summed E-state index contributed by atoms with van der Waals surface area (Å²) in [6, 6.07) is 16.0. The number of anilines is 1. The molecule has 0 unspecified atom stereocenters. The SMILES string of the molecule is COc1cc2ccccc2cc1C(=O)Nc1nc2ccc(S(C)(=O)=O)cc2s1. The highest BCUT2D eigenvalue weighted by atomic mass is 32.2. The topological polar surface area (TPSA) is 85.4 Å². The van der Waals surface area contributed by atoms with Gasteiger partial charge in [-0.1, -0.05) is 35.6 Å². The second-order valence-corrected chi connectivity index (χ2v) is 9.32. The fourth-order valence-corrected chi connectivity index (χ4v) is 4.54. The third-order valence-corrected chi connectivity index (χ3v) is 6.36. The number of rotatable bonds is 4. The van der Waals surface area contributed by atoms with Crippen LogP contribution in [0.5, 0.6) is 5.75 Å². The molecule has 4 aromatic rings. The van der Waals surface area contributed by atoms with Crippen LogP contribution in [0.1, 0.15) is 10.4 Å². The van der Waals surface area contributed by atoms with Crippen molar-refractivity contribution in [2.45, 2.75) is 4.90 Å². The lowest BCUT2D eigenvalue weighted by Crippen LogP contribution is -2.13. The van der Waals surface area contributed by atoms with Gasteiger partial charge in [0.15, 0.2) is 15.0 Å². The van der Waals surface area contributed by atoms with Crippen LogP contribution in [0.4, 0.5) is 5.13 Å². The van der Waals surface area contributed by atoms with Crippen molar-refractivity contribution in [1.29, 1.82) is 0 Å². The average Bonchev–Trinajstić information content (AvgIpc) is 3.07. The molecule has 0 spiro atoms. The molecule has 28 heavy (non-hydrogen) atoms. The van der Waals surface area contributed by atoms with E-state index in [9.17, 15) is 13.2 Å². The number of fused-ring (bicyclic) bond motifs is 2. The van der Waals surface area contributed by atoms with Crippen molar-refractivity contribution in [2.24, 2.45) is 0 Å². The lowest BCUT2D eigenvalue weighted by molar-refractivity contribution is 0.102. The Hall–Kier alpha value is -2.97. The third kappa shape index (κ3) is 3.44. The number of carbonyl (C=O) groups excluding carboxylic acids is 1. The molecule has 0 aliphatic carbocycles. The van der Waals surface area contributed by atoms with Crippen molar-refractivity contribution < 1.29 is 17.9 Å². The number of sulfone groups is 1. The summed E-state index contributed by atoms with van der Waals surface area (Å²) in [5, 5.41) is 5.08. The van der Waals surface area contributed by atoms with Gasteiger partial charge in [0.2, 0.25) is 0 Å². The summed E-state index contributed by atoms with van der Waals surface area (Å²) in [6.45, 7) is 0. The van der Waals surface area contributed by atoms with Gasteiger partial charge in [0, 0.05) is 6.26 Å². The predicted octanol–water partition coefficient (Wildman–Crippen LogP) is 4.11. The number of benzene rings is 3. The fourth-order valence-electron chi connectivity index (χ4n) is 2.92. The highest BCUT2D eigenvalue weighted by molar-refractivity contribution is 7.90. The molecule has 0 aliphatic heterocycles. The molecule has 0 fully saturated rings. The minimum absolute atomic E-state index is 0.220. The minimum atomic E-state index is -3.31. The van der Waals surface area contributed by atoms with Gasteiger partial charge >= 0.3 is 0 Å². The number of nitrogens with zero attached hydrogens (tertiary/aromatic N) is 1. The maximum Gasteiger partial charge on any atom is 0.261 e.